The van der Waals surface area contributed by atoms with Gasteiger partial charge in [0.15, 0.2) is 0 Å². The molecule has 1 saturated carbocycles. The first kappa shape index (κ1) is 16.5. The highest BCUT2D eigenvalue weighted by Crippen LogP contribution is 2.24. The van der Waals surface area contributed by atoms with Gasteiger partial charge in [-0.3, -0.25) is 14.6 Å². The van der Waals surface area contributed by atoms with Gasteiger partial charge < -0.3 is 10.1 Å². The van der Waals surface area contributed by atoms with Crippen LogP contribution in [0.4, 0.5) is 0 Å². The summed E-state index contributed by atoms with van der Waals surface area (Å²) in [5, 5.41) is 3.03. The van der Waals surface area contributed by atoms with Crippen molar-refractivity contribution in [2.24, 2.45) is 5.92 Å². The Morgan fingerprint density at radius 2 is 2.09 bits per heavy atom. The minimum atomic E-state index is -0.216. The maximum Gasteiger partial charge on any atom is 0.310 e. The van der Waals surface area contributed by atoms with Crippen LogP contribution in [-0.4, -0.2) is 30.0 Å². The molecule has 120 valence electrons. The Kier molecular flexibility index (Phi) is 6.37. The summed E-state index contributed by atoms with van der Waals surface area (Å²) in [6.07, 6.45) is 7.52. The second kappa shape index (κ2) is 8.51. The monoisotopic (exact) mass is 304 g/mol. The van der Waals surface area contributed by atoms with Gasteiger partial charge in [-0.1, -0.05) is 25.3 Å². The number of pyridine rings is 1. The van der Waals surface area contributed by atoms with Gasteiger partial charge in [0.2, 0.25) is 5.91 Å². The van der Waals surface area contributed by atoms with E-state index in [9.17, 15) is 9.59 Å². The molecule has 2 atom stereocenters. The number of methoxy groups -OCH3 is 1. The SMILES string of the molecule is COC(=O)[C@@H]1CCCCC[C@H]1NC(=O)CCc1ccccn1. The molecule has 2 rings (SSSR count). The normalized spacial score (nSPS) is 21.7. The molecule has 1 heterocycles. The number of hydrogen-bond acceptors (Lipinski definition) is 4. The lowest BCUT2D eigenvalue weighted by atomic mass is 9.94. The van der Waals surface area contributed by atoms with Crippen molar-refractivity contribution in [2.45, 2.75) is 51.0 Å². The molecule has 5 heteroatoms. The van der Waals surface area contributed by atoms with Crippen molar-refractivity contribution < 1.29 is 14.3 Å². The van der Waals surface area contributed by atoms with E-state index in [1.807, 2.05) is 18.2 Å². The fraction of sp³-hybridized carbons (Fsp3) is 0.588. The highest BCUT2D eigenvalue weighted by molar-refractivity contribution is 5.78. The summed E-state index contributed by atoms with van der Waals surface area (Å²) in [5.41, 5.74) is 0.906. The number of nitrogens with zero attached hydrogens (tertiary/aromatic N) is 1. The Bertz CT molecular complexity index is 490. The second-order valence-corrected chi connectivity index (χ2v) is 5.76. The molecule has 0 saturated heterocycles. The van der Waals surface area contributed by atoms with Gasteiger partial charge in [-0.25, -0.2) is 0 Å². The third-order valence-corrected chi connectivity index (χ3v) is 4.20. The molecule has 0 spiro atoms. The number of ether oxygens (including phenoxy) is 1. The van der Waals surface area contributed by atoms with Gasteiger partial charge in [-0.2, -0.15) is 0 Å². The summed E-state index contributed by atoms with van der Waals surface area (Å²) in [6.45, 7) is 0. The zero-order valence-corrected chi connectivity index (χ0v) is 13.1. The van der Waals surface area contributed by atoms with Crippen LogP contribution in [0, 0.1) is 5.92 Å². The molecule has 0 unspecified atom stereocenters. The number of amides is 1. The first-order valence-corrected chi connectivity index (χ1v) is 7.98. The summed E-state index contributed by atoms with van der Waals surface area (Å²) < 4.78 is 4.89. The van der Waals surface area contributed by atoms with Crippen LogP contribution in [0.1, 0.15) is 44.2 Å². The third-order valence-electron chi connectivity index (χ3n) is 4.20. The lowest BCUT2D eigenvalue weighted by Crippen LogP contribution is -2.43. The van der Waals surface area contributed by atoms with E-state index in [2.05, 4.69) is 10.3 Å². The molecule has 1 amide bonds. The Morgan fingerprint density at radius 1 is 1.27 bits per heavy atom. The molecule has 1 aromatic heterocycles. The van der Waals surface area contributed by atoms with E-state index in [0.717, 1.165) is 37.8 Å². The predicted molar refractivity (Wildman–Crippen MR) is 83.1 cm³/mol. The van der Waals surface area contributed by atoms with Crippen molar-refractivity contribution in [1.82, 2.24) is 10.3 Å². The molecular formula is C17H24N2O3. The van der Waals surface area contributed by atoms with Gasteiger partial charge in [0.1, 0.15) is 0 Å². The maximum absolute atomic E-state index is 12.2. The fourth-order valence-corrected chi connectivity index (χ4v) is 2.98. The molecule has 1 N–H and O–H groups in total. The van der Waals surface area contributed by atoms with E-state index >= 15 is 0 Å². The van der Waals surface area contributed by atoms with Gasteiger partial charge in [-0.15, -0.1) is 0 Å². The maximum atomic E-state index is 12.2. The first-order chi connectivity index (χ1) is 10.7. The number of carbonyl (C=O) groups excluding carboxylic acids is 2. The molecular weight excluding hydrogens is 280 g/mol. The summed E-state index contributed by atoms with van der Waals surface area (Å²) in [7, 11) is 1.41. The first-order valence-electron chi connectivity index (χ1n) is 7.98. The number of nitrogens with one attached hydrogen (secondary N) is 1. The summed E-state index contributed by atoms with van der Waals surface area (Å²) in [5.74, 6) is -0.449. The van der Waals surface area contributed by atoms with Crippen molar-refractivity contribution in [3.63, 3.8) is 0 Å². The Labute approximate surface area is 131 Å². The van der Waals surface area contributed by atoms with E-state index in [-0.39, 0.29) is 23.8 Å². The average Bonchev–Trinajstić information content (AvgIpc) is 2.78. The minimum absolute atomic E-state index is 0.0218. The molecule has 0 aliphatic heterocycles. The van der Waals surface area contributed by atoms with Gasteiger partial charge in [0.25, 0.3) is 0 Å². The molecule has 22 heavy (non-hydrogen) atoms. The van der Waals surface area contributed by atoms with Crippen LogP contribution in [0.2, 0.25) is 0 Å². The molecule has 1 aromatic rings. The van der Waals surface area contributed by atoms with Crippen molar-refractivity contribution >= 4 is 11.9 Å². The summed E-state index contributed by atoms with van der Waals surface area (Å²) in [4.78, 5) is 28.3. The molecule has 0 radical (unpaired) electrons. The quantitative estimate of drug-likeness (QED) is 0.669. The van der Waals surface area contributed by atoms with E-state index < -0.39 is 0 Å². The van der Waals surface area contributed by atoms with Crippen molar-refractivity contribution in [3.05, 3.63) is 30.1 Å². The minimum Gasteiger partial charge on any atom is -0.469 e. The Morgan fingerprint density at radius 3 is 2.82 bits per heavy atom. The predicted octanol–water partition coefficient (Wildman–Crippen LogP) is 2.25. The van der Waals surface area contributed by atoms with Crippen LogP contribution in [0.5, 0.6) is 0 Å². The fourth-order valence-electron chi connectivity index (χ4n) is 2.98. The second-order valence-electron chi connectivity index (χ2n) is 5.76. The third kappa shape index (κ3) is 4.83. The summed E-state index contributed by atoms with van der Waals surface area (Å²) >= 11 is 0. The van der Waals surface area contributed by atoms with Gasteiger partial charge in [0, 0.05) is 24.4 Å². The standard InChI is InChI=1S/C17H24N2O3/c1-22-17(21)14-8-3-2-4-9-15(14)19-16(20)11-10-13-7-5-6-12-18-13/h5-7,12,14-15H,2-4,8-11H2,1H3,(H,19,20)/t14-,15-/m1/s1. The summed E-state index contributed by atoms with van der Waals surface area (Å²) in [6, 6.07) is 5.58. The topological polar surface area (TPSA) is 68.3 Å². The van der Waals surface area contributed by atoms with Crippen LogP contribution < -0.4 is 5.32 Å². The van der Waals surface area contributed by atoms with Crippen molar-refractivity contribution in [2.75, 3.05) is 7.11 Å². The molecule has 0 aromatic carbocycles. The zero-order chi connectivity index (χ0) is 15.8. The average molecular weight is 304 g/mol. The van der Waals surface area contributed by atoms with E-state index in [1.165, 1.54) is 7.11 Å². The largest absolute Gasteiger partial charge is 0.469 e. The number of aromatic nitrogens is 1. The van der Waals surface area contributed by atoms with Crippen molar-refractivity contribution in [3.8, 4) is 0 Å². The van der Waals surface area contributed by atoms with E-state index in [1.54, 1.807) is 6.20 Å². The van der Waals surface area contributed by atoms with Gasteiger partial charge in [0.05, 0.1) is 13.0 Å². The van der Waals surface area contributed by atoms with Crippen LogP contribution >= 0.6 is 0 Å². The Hall–Kier alpha value is -1.91. The lowest BCUT2D eigenvalue weighted by molar-refractivity contribution is -0.147. The van der Waals surface area contributed by atoms with Crippen LogP contribution in [-0.2, 0) is 20.7 Å². The molecule has 1 aliphatic carbocycles. The van der Waals surface area contributed by atoms with Gasteiger partial charge in [-0.05, 0) is 31.4 Å². The molecule has 5 nitrogen and oxygen atoms in total. The molecule has 1 aliphatic rings. The van der Waals surface area contributed by atoms with Gasteiger partial charge >= 0.3 is 5.97 Å². The molecule has 0 bridgehead atoms. The number of hydrogen-bond donors (Lipinski definition) is 1. The van der Waals surface area contributed by atoms with Crippen LogP contribution in [0.15, 0.2) is 24.4 Å². The van der Waals surface area contributed by atoms with Crippen molar-refractivity contribution in [1.29, 1.82) is 0 Å². The molecule has 1 fully saturated rings. The smallest absolute Gasteiger partial charge is 0.310 e. The highest BCUT2D eigenvalue weighted by atomic mass is 16.5. The lowest BCUT2D eigenvalue weighted by Gasteiger charge is -2.24. The van der Waals surface area contributed by atoms with E-state index in [0.29, 0.717) is 12.8 Å². The number of aryl methyl sites for hydroxylation is 1. The van der Waals surface area contributed by atoms with Crippen LogP contribution in [0.3, 0.4) is 0 Å². The number of esters is 1. The number of carbonyl (C=O) groups is 2. The number of rotatable bonds is 5. The highest BCUT2D eigenvalue weighted by Gasteiger charge is 2.31. The Balaban J connectivity index is 1.88. The van der Waals surface area contributed by atoms with Crippen LogP contribution in [0.25, 0.3) is 0 Å². The zero-order valence-electron chi connectivity index (χ0n) is 13.1. The van der Waals surface area contributed by atoms with E-state index in [4.69, 9.17) is 4.74 Å².